The Kier molecular flexibility index (Phi) is 36.1. The first-order chi connectivity index (χ1) is 55.7. The fourth-order valence-corrected chi connectivity index (χ4v) is 13.3. The lowest BCUT2D eigenvalue weighted by Crippen LogP contribution is -2.53. The molecule has 32 heteroatoms. The van der Waals surface area contributed by atoms with Crippen molar-refractivity contribution in [1.29, 1.82) is 0 Å². The van der Waals surface area contributed by atoms with E-state index in [1.165, 1.54) is 43.1 Å². The smallest absolute Gasteiger partial charge is 0.416 e. The van der Waals surface area contributed by atoms with Crippen LogP contribution < -0.4 is 45.1 Å². The minimum atomic E-state index is -1.53. The Morgan fingerprint density at radius 1 is 0.565 bits per heavy atom. The SMILES string of the molecule is COc1cc2c(cc1OCCCCCOc1cc3c(cc1OC)C(=O)N1C=C(C)C[C@H]1[C@H](O)N3C(=O)OCc1ccc(NC(=O)[C@H](C)NC(=O)[C@@H](NC(=O)CCOCCOCCOCCOCCOCCOCCOCCOCCNC(=O)CCN3C(=O)CC(C4=C/C=C\C=C/C=C4)C3O)C(C)C)cc1)N=C[C@@H]1CC(C)=CN1C2=O. The zero-order valence-corrected chi connectivity index (χ0v) is 66.7. The van der Waals surface area contributed by atoms with E-state index in [1.54, 1.807) is 67.6 Å². The van der Waals surface area contributed by atoms with E-state index in [4.69, 9.17) is 61.6 Å². The number of hydrogen-bond donors (Lipinski definition) is 6. The van der Waals surface area contributed by atoms with Gasteiger partial charge in [-0.25, -0.2) is 9.69 Å². The van der Waals surface area contributed by atoms with Gasteiger partial charge < -0.3 is 108 Å². The number of anilines is 2. The third-order valence-corrected chi connectivity index (χ3v) is 19.4. The molecule has 115 heavy (non-hydrogen) atoms. The molecule has 1 saturated heterocycles. The van der Waals surface area contributed by atoms with Crippen molar-refractivity contribution in [2.24, 2.45) is 16.8 Å². The molecule has 0 spiro atoms. The Hall–Kier alpha value is -9.87. The molecular formula is C83H111N9O23. The molecule has 9 rings (SSSR count). The fraction of sp³-hybridized carbons (Fsp3) is 0.530. The Balaban J connectivity index is 0.571. The van der Waals surface area contributed by atoms with E-state index in [-0.39, 0.29) is 117 Å². The second kappa shape index (κ2) is 46.6. The minimum Gasteiger partial charge on any atom is -0.493 e. The van der Waals surface area contributed by atoms with Crippen LogP contribution in [-0.2, 0) is 73.2 Å². The summed E-state index contributed by atoms with van der Waals surface area (Å²) in [5, 5.41) is 33.8. The number of methoxy groups -OCH3 is 2. The number of amides is 8. The second-order valence-electron chi connectivity index (χ2n) is 28.4. The van der Waals surface area contributed by atoms with Crippen molar-refractivity contribution in [2.75, 3.05) is 156 Å². The molecule has 626 valence electrons. The van der Waals surface area contributed by atoms with Crippen LogP contribution in [-0.4, -0.2) is 261 Å². The first kappa shape index (κ1) is 89.1. The number of nitrogens with zero attached hydrogens (tertiary/aromatic N) is 5. The topological polar surface area (TPSA) is 370 Å². The summed E-state index contributed by atoms with van der Waals surface area (Å²) in [6.45, 7) is 15.1. The van der Waals surface area contributed by atoms with Crippen molar-refractivity contribution < 1.29 is 110 Å². The average Bonchev–Trinajstić information content (AvgIpc) is 1.61. The molecule has 0 saturated carbocycles. The van der Waals surface area contributed by atoms with Crippen molar-refractivity contribution in [3.05, 3.63) is 137 Å². The van der Waals surface area contributed by atoms with Crippen LogP contribution in [0.4, 0.5) is 21.9 Å². The molecule has 3 aromatic rings. The molecule has 5 heterocycles. The van der Waals surface area contributed by atoms with E-state index < -0.39 is 60.3 Å². The quantitative estimate of drug-likeness (QED) is 0.0306. The van der Waals surface area contributed by atoms with Gasteiger partial charge in [0.25, 0.3) is 11.8 Å². The summed E-state index contributed by atoms with van der Waals surface area (Å²) < 4.78 is 73.9. The van der Waals surface area contributed by atoms with Crippen LogP contribution in [0.1, 0.15) is 112 Å². The Morgan fingerprint density at radius 3 is 1.74 bits per heavy atom. The van der Waals surface area contributed by atoms with Crippen LogP contribution in [0, 0.1) is 11.8 Å². The van der Waals surface area contributed by atoms with E-state index in [2.05, 4.69) is 26.3 Å². The number of nitrogens with one attached hydrogen (secondary N) is 4. The molecule has 6 N–H and O–H groups in total. The van der Waals surface area contributed by atoms with E-state index in [0.29, 0.717) is 159 Å². The molecule has 8 amide bonds. The van der Waals surface area contributed by atoms with E-state index >= 15 is 0 Å². The predicted molar refractivity (Wildman–Crippen MR) is 424 cm³/mol. The third kappa shape index (κ3) is 26.8. The standard InChI is InChI=1S/C83H111N9O23/c1-55(2)76(88-74(94)23-28-105-30-32-107-34-36-109-38-40-111-42-43-112-41-39-110-37-35-108-33-31-106-29-24-84-73(93)22-25-89-75(95)48-63(79(89)98)60-16-12-9-8-10-13-17-60)78(97)86-58(5)77(96)87-61-20-18-59(19-21-61)54-115-83(102)92-67-50-72(70(104-7)47-65(67)81(100)91-53-57(4)45-68(91)82(92)101)114-27-15-11-14-26-113-71-49-66-64(46-69(71)103-6)80(99)90-52-56(3)44-62(90)51-85-66/h8-10,12-13,16-21,46-47,49-53,55,58,62-63,68,76,79,82,98,101H,11,14-15,22-45,48,54H2,1-7H3,(H,84,93)(H,86,97)(H,87,96)(H,88,94)/b9-8-,10-8?,12-9?,13-10-,16-12?,17-13?,60-16?,60-17?/t58-,62-,63?,68-,76-,79?,82-/m0/s1. The van der Waals surface area contributed by atoms with Gasteiger partial charge in [0, 0.05) is 74.7 Å². The summed E-state index contributed by atoms with van der Waals surface area (Å²) in [5.41, 5.74) is 4.78. The van der Waals surface area contributed by atoms with Crippen LogP contribution in [0.5, 0.6) is 23.0 Å². The van der Waals surface area contributed by atoms with Gasteiger partial charge in [-0.3, -0.25) is 38.6 Å². The van der Waals surface area contributed by atoms with E-state index in [9.17, 15) is 48.6 Å². The number of ether oxygens (including phenoxy) is 13. The van der Waals surface area contributed by atoms with Gasteiger partial charge >= 0.3 is 6.09 Å². The zero-order chi connectivity index (χ0) is 82.0. The number of benzene rings is 3. The number of likely N-dealkylation sites (tertiary alicyclic amines) is 1. The maximum atomic E-state index is 14.3. The monoisotopic (exact) mass is 1600 g/mol. The maximum Gasteiger partial charge on any atom is 0.416 e. The molecule has 6 aliphatic rings. The normalized spacial score (nSPS) is 19.2. The van der Waals surface area contributed by atoms with Crippen LogP contribution in [0.15, 0.2) is 125 Å². The molecule has 32 nitrogen and oxygen atoms in total. The van der Waals surface area contributed by atoms with Gasteiger partial charge in [0.1, 0.15) is 24.9 Å². The molecule has 5 aliphatic heterocycles. The molecule has 0 bridgehead atoms. The van der Waals surface area contributed by atoms with Gasteiger partial charge in [0.15, 0.2) is 29.2 Å². The first-order valence-corrected chi connectivity index (χ1v) is 39.2. The number of allylic oxidation sites excluding steroid dienone is 7. The van der Waals surface area contributed by atoms with Crippen LogP contribution in [0.25, 0.3) is 0 Å². The minimum absolute atomic E-state index is 0.0153. The molecule has 2 unspecified atom stereocenters. The van der Waals surface area contributed by atoms with Crippen molar-refractivity contribution in [1.82, 2.24) is 30.7 Å². The number of hydrogen-bond acceptors (Lipinski definition) is 24. The van der Waals surface area contributed by atoms with Gasteiger partial charge in [-0.05, 0) is 94.2 Å². The van der Waals surface area contributed by atoms with Crippen molar-refractivity contribution in [3.8, 4) is 23.0 Å². The van der Waals surface area contributed by atoms with Gasteiger partial charge in [-0.2, -0.15) is 0 Å². The number of rotatable bonds is 49. The predicted octanol–water partition coefficient (Wildman–Crippen LogP) is 7.15. The number of aliphatic hydroxyl groups is 2. The Labute approximate surface area is 671 Å². The van der Waals surface area contributed by atoms with Crippen molar-refractivity contribution in [2.45, 2.75) is 129 Å². The summed E-state index contributed by atoms with van der Waals surface area (Å²) in [7, 11) is 2.96. The van der Waals surface area contributed by atoms with E-state index in [1.807, 2.05) is 62.6 Å². The average molecular weight is 1600 g/mol. The summed E-state index contributed by atoms with van der Waals surface area (Å²) in [5.74, 6) is -1.83. The van der Waals surface area contributed by atoms with E-state index in [0.717, 1.165) is 28.0 Å². The Bertz CT molecular complexity index is 3990. The molecule has 1 aliphatic carbocycles. The number of fused-ring (bicyclic) bond motifs is 4. The highest BCUT2D eigenvalue weighted by molar-refractivity contribution is 6.07. The molecular weight excluding hydrogens is 1490 g/mol. The lowest BCUT2D eigenvalue weighted by Gasteiger charge is -2.31. The highest BCUT2D eigenvalue weighted by Crippen LogP contribution is 2.43. The van der Waals surface area contributed by atoms with Crippen molar-refractivity contribution in [3.63, 3.8) is 0 Å². The van der Waals surface area contributed by atoms with Crippen LogP contribution in [0.3, 0.4) is 0 Å². The van der Waals surface area contributed by atoms with Gasteiger partial charge in [0.2, 0.25) is 29.5 Å². The summed E-state index contributed by atoms with van der Waals surface area (Å²) in [6, 6.07) is 9.93. The molecule has 3 aromatic carbocycles. The second-order valence-corrected chi connectivity index (χ2v) is 28.4. The molecule has 0 radical (unpaired) electrons. The van der Waals surface area contributed by atoms with Crippen LogP contribution in [0.2, 0.25) is 0 Å². The lowest BCUT2D eigenvalue weighted by molar-refractivity contribution is -0.134. The summed E-state index contributed by atoms with van der Waals surface area (Å²) in [6.07, 6.45) is 18.2. The summed E-state index contributed by atoms with van der Waals surface area (Å²) in [4.78, 5) is 117. The van der Waals surface area contributed by atoms with Gasteiger partial charge in [-0.1, -0.05) is 79.7 Å². The van der Waals surface area contributed by atoms with Crippen molar-refractivity contribution >= 4 is 70.7 Å². The largest absolute Gasteiger partial charge is 0.493 e. The highest BCUT2D eigenvalue weighted by atomic mass is 16.6. The molecule has 0 aromatic heterocycles. The number of unbranched alkanes of at least 4 members (excludes halogenated alkanes) is 2. The highest BCUT2D eigenvalue weighted by Gasteiger charge is 2.46. The molecule has 1 fully saturated rings. The first-order valence-electron chi connectivity index (χ1n) is 39.2. The van der Waals surface area contributed by atoms with Gasteiger partial charge in [-0.15, -0.1) is 0 Å². The lowest BCUT2D eigenvalue weighted by atomic mass is 9.95. The van der Waals surface area contributed by atoms with Gasteiger partial charge in [0.05, 0.1) is 168 Å². The Morgan fingerprint density at radius 2 is 1.12 bits per heavy atom. The number of aliphatic imine (C=N–C) groups is 1. The zero-order valence-electron chi connectivity index (χ0n) is 66.7. The molecule has 7 atom stereocenters. The fourth-order valence-electron chi connectivity index (χ4n) is 13.3. The number of carbonyl (C=O) groups is 8. The van der Waals surface area contributed by atoms with Crippen LogP contribution >= 0.6 is 0 Å². The number of carbonyl (C=O) groups excluding carboxylic acids is 8. The maximum absolute atomic E-state index is 14.3. The number of aliphatic hydroxyl groups excluding tert-OH is 2. The summed E-state index contributed by atoms with van der Waals surface area (Å²) >= 11 is 0. The third-order valence-electron chi connectivity index (χ3n) is 19.4.